The molecule has 4 amide bonds. The third kappa shape index (κ3) is 4.45. The molecular formula is C24H31N5O4. The van der Waals surface area contributed by atoms with Gasteiger partial charge in [-0.25, -0.2) is 0 Å². The number of nitrogens with one attached hydrogen (secondary N) is 2. The van der Waals surface area contributed by atoms with Gasteiger partial charge in [-0.3, -0.25) is 34.3 Å². The van der Waals surface area contributed by atoms with E-state index in [0.717, 1.165) is 69.1 Å². The normalized spacial score (nSPS) is 25.5. The van der Waals surface area contributed by atoms with Gasteiger partial charge in [0.25, 0.3) is 11.8 Å². The zero-order chi connectivity index (χ0) is 22.9. The number of rotatable bonds is 5. The highest BCUT2D eigenvalue weighted by atomic mass is 16.2. The number of imide groups is 2. The van der Waals surface area contributed by atoms with Gasteiger partial charge in [0.05, 0.1) is 11.1 Å². The second kappa shape index (κ2) is 9.32. The van der Waals surface area contributed by atoms with Gasteiger partial charge < -0.3 is 10.2 Å². The molecule has 5 rings (SSSR count). The third-order valence-corrected chi connectivity index (χ3v) is 7.38. The first-order chi connectivity index (χ1) is 16.0. The topological polar surface area (TPSA) is 102 Å². The van der Waals surface area contributed by atoms with Crippen LogP contribution in [0.3, 0.4) is 0 Å². The van der Waals surface area contributed by atoms with Gasteiger partial charge in [-0.15, -0.1) is 0 Å². The molecule has 4 aliphatic heterocycles. The third-order valence-electron chi connectivity index (χ3n) is 7.38. The number of hydrogen-bond donors (Lipinski definition) is 2. The fourth-order valence-electron chi connectivity index (χ4n) is 5.54. The lowest BCUT2D eigenvalue weighted by molar-refractivity contribution is -0.136. The number of piperidine rings is 2. The Bertz CT molecular complexity index is 966. The number of amides is 4. The fourth-order valence-corrected chi connectivity index (χ4v) is 5.54. The first-order valence-electron chi connectivity index (χ1n) is 12.0. The largest absolute Gasteiger partial charge is 0.314 e. The summed E-state index contributed by atoms with van der Waals surface area (Å²) in [6, 6.07) is 4.45. The number of likely N-dealkylation sites (tertiary alicyclic amines) is 1. The van der Waals surface area contributed by atoms with Crippen LogP contribution in [0.15, 0.2) is 18.2 Å². The van der Waals surface area contributed by atoms with Gasteiger partial charge >= 0.3 is 0 Å². The summed E-state index contributed by atoms with van der Waals surface area (Å²) in [5.41, 5.74) is 1.60. The van der Waals surface area contributed by atoms with Crippen LogP contribution in [0, 0.1) is 5.92 Å². The van der Waals surface area contributed by atoms with Crippen LogP contribution < -0.4 is 10.6 Å². The van der Waals surface area contributed by atoms with Crippen LogP contribution in [0.25, 0.3) is 0 Å². The molecule has 9 heteroatoms. The average Bonchev–Trinajstić information content (AvgIpc) is 3.07. The summed E-state index contributed by atoms with van der Waals surface area (Å²) in [6.07, 6.45) is 2.56. The molecular weight excluding hydrogens is 422 g/mol. The van der Waals surface area contributed by atoms with Gasteiger partial charge in [0.15, 0.2) is 0 Å². The van der Waals surface area contributed by atoms with E-state index in [1.165, 1.54) is 0 Å². The quantitative estimate of drug-likeness (QED) is 0.615. The monoisotopic (exact) mass is 453 g/mol. The Kier molecular flexibility index (Phi) is 6.27. The fraction of sp³-hybridized carbons (Fsp3) is 0.583. The van der Waals surface area contributed by atoms with Crippen molar-refractivity contribution in [1.29, 1.82) is 0 Å². The predicted octanol–water partition coefficient (Wildman–Crippen LogP) is 0.205. The van der Waals surface area contributed by atoms with Gasteiger partial charge in [0.2, 0.25) is 11.8 Å². The number of hydrogen-bond acceptors (Lipinski definition) is 7. The molecule has 3 saturated heterocycles. The molecule has 1 aromatic carbocycles. The minimum Gasteiger partial charge on any atom is -0.314 e. The molecule has 4 heterocycles. The molecule has 0 saturated carbocycles. The predicted molar refractivity (Wildman–Crippen MR) is 120 cm³/mol. The van der Waals surface area contributed by atoms with Crippen molar-refractivity contribution in [2.75, 3.05) is 45.8 Å². The summed E-state index contributed by atoms with van der Waals surface area (Å²) in [5.74, 6) is -1.11. The van der Waals surface area contributed by atoms with Gasteiger partial charge in [-0.1, -0.05) is 12.1 Å². The SMILES string of the molecule is O=C1CCC(N2C(=O)c3cccc(CN4CCC(CN5CCNCC5)CC4)c3C2=O)C(=O)N1. The van der Waals surface area contributed by atoms with Crippen molar-refractivity contribution >= 4 is 23.6 Å². The van der Waals surface area contributed by atoms with Gasteiger partial charge in [0, 0.05) is 45.7 Å². The molecule has 9 nitrogen and oxygen atoms in total. The number of benzene rings is 1. The Balaban J connectivity index is 1.24. The smallest absolute Gasteiger partial charge is 0.262 e. The maximum atomic E-state index is 13.3. The number of nitrogens with zero attached hydrogens (tertiary/aromatic N) is 3. The van der Waals surface area contributed by atoms with E-state index in [2.05, 4.69) is 20.4 Å². The Labute approximate surface area is 193 Å². The molecule has 0 spiro atoms. The van der Waals surface area contributed by atoms with E-state index in [-0.39, 0.29) is 18.7 Å². The summed E-state index contributed by atoms with van der Waals surface area (Å²) in [6.45, 7) is 8.10. The van der Waals surface area contributed by atoms with Crippen molar-refractivity contribution in [1.82, 2.24) is 25.3 Å². The van der Waals surface area contributed by atoms with E-state index >= 15 is 0 Å². The summed E-state index contributed by atoms with van der Waals surface area (Å²) in [7, 11) is 0. The summed E-state index contributed by atoms with van der Waals surface area (Å²) >= 11 is 0. The molecule has 0 bridgehead atoms. The lowest BCUT2D eigenvalue weighted by atomic mass is 9.95. The Morgan fingerprint density at radius 3 is 2.36 bits per heavy atom. The molecule has 1 aromatic rings. The first kappa shape index (κ1) is 22.2. The maximum absolute atomic E-state index is 13.3. The standard InChI is InChI=1S/C24H31N5O4/c30-20-5-4-19(22(31)26-20)29-23(32)18-3-1-2-17(21(18)24(29)33)15-27-10-6-16(7-11-27)14-28-12-8-25-9-13-28/h1-3,16,19,25H,4-15H2,(H,26,30,31). The van der Waals surface area contributed by atoms with Crippen LogP contribution in [-0.4, -0.2) is 90.2 Å². The second-order valence-corrected chi connectivity index (χ2v) is 9.56. The van der Waals surface area contributed by atoms with Crippen molar-refractivity contribution in [2.45, 2.75) is 38.3 Å². The van der Waals surface area contributed by atoms with Gasteiger partial charge in [-0.05, 0) is 49.9 Å². The molecule has 1 atom stereocenters. The van der Waals surface area contributed by atoms with Crippen molar-refractivity contribution in [2.24, 2.45) is 5.92 Å². The number of carbonyl (C=O) groups is 4. The Morgan fingerprint density at radius 2 is 1.64 bits per heavy atom. The summed E-state index contributed by atoms with van der Waals surface area (Å²) in [4.78, 5) is 56.1. The van der Waals surface area contributed by atoms with E-state index in [1.54, 1.807) is 6.07 Å². The zero-order valence-electron chi connectivity index (χ0n) is 18.8. The first-order valence-corrected chi connectivity index (χ1v) is 12.0. The van der Waals surface area contributed by atoms with Crippen LogP contribution >= 0.6 is 0 Å². The highest BCUT2D eigenvalue weighted by Crippen LogP contribution is 2.31. The van der Waals surface area contributed by atoms with Crippen molar-refractivity contribution in [3.05, 3.63) is 34.9 Å². The van der Waals surface area contributed by atoms with E-state index in [1.807, 2.05) is 12.1 Å². The van der Waals surface area contributed by atoms with E-state index in [9.17, 15) is 19.2 Å². The van der Waals surface area contributed by atoms with Crippen LogP contribution in [-0.2, 0) is 16.1 Å². The molecule has 0 aromatic heterocycles. The molecule has 33 heavy (non-hydrogen) atoms. The van der Waals surface area contributed by atoms with E-state index in [4.69, 9.17) is 0 Å². The Morgan fingerprint density at radius 1 is 0.879 bits per heavy atom. The van der Waals surface area contributed by atoms with Crippen LogP contribution in [0.4, 0.5) is 0 Å². The van der Waals surface area contributed by atoms with E-state index < -0.39 is 23.8 Å². The summed E-state index contributed by atoms with van der Waals surface area (Å²) in [5, 5.41) is 5.65. The summed E-state index contributed by atoms with van der Waals surface area (Å²) < 4.78 is 0. The van der Waals surface area contributed by atoms with Crippen molar-refractivity contribution < 1.29 is 19.2 Å². The lowest BCUT2D eigenvalue weighted by Gasteiger charge is -2.36. The van der Waals surface area contributed by atoms with Crippen LogP contribution in [0.1, 0.15) is 52.0 Å². The zero-order valence-corrected chi connectivity index (χ0v) is 18.8. The van der Waals surface area contributed by atoms with Gasteiger partial charge in [-0.2, -0.15) is 0 Å². The molecule has 0 aliphatic carbocycles. The minimum atomic E-state index is -0.927. The second-order valence-electron chi connectivity index (χ2n) is 9.56. The lowest BCUT2D eigenvalue weighted by Crippen LogP contribution is -2.54. The number of carbonyl (C=O) groups excluding carboxylic acids is 4. The van der Waals surface area contributed by atoms with Crippen molar-refractivity contribution in [3.63, 3.8) is 0 Å². The average molecular weight is 454 g/mol. The van der Waals surface area contributed by atoms with Crippen LogP contribution in [0.5, 0.6) is 0 Å². The highest BCUT2D eigenvalue weighted by molar-refractivity contribution is 6.24. The van der Waals surface area contributed by atoms with Gasteiger partial charge in [0.1, 0.15) is 6.04 Å². The highest BCUT2D eigenvalue weighted by Gasteiger charge is 2.45. The molecule has 4 aliphatic rings. The Hall–Kier alpha value is -2.62. The molecule has 2 N–H and O–H groups in total. The van der Waals surface area contributed by atoms with Crippen LogP contribution in [0.2, 0.25) is 0 Å². The maximum Gasteiger partial charge on any atom is 0.262 e. The molecule has 0 radical (unpaired) electrons. The number of piperazine rings is 1. The molecule has 176 valence electrons. The molecule has 1 unspecified atom stereocenters. The van der Waals surface area contributed by atoms with E-state index in [0.29, 0.717) is 23.6 Å². The minimum absolute atomic E-state index is 0.125. The van der Waals surface area contributed by atoms with Crippen molar-refractivity contribution in [3.8, 4) is 0 Å². The number of fused-ring (bicyclic) bond motifs is 1. The molecule has 3 fully saturated rings.